The van der Waals surface area contributed by atoms with Crippen molar-refractivity contribution in [3.63, 3.8) is 0 Å². The molecule has 3 nitrogen and oxygen atoms in total. The molecule has 0 saturated carbocycles. The third-order valence-corrected chi connectivity index (χ3v) is 0.136. The Kier molecular flexibility index (Phi) is 3.08. The molecule has 0 aromatic rings. The van der Waals surface area contributed by atoms with E-state index in [1.807, 2.05) is 0 Å². The lowest BCUT2D eigenvalue weighted by Gasteiger charge is -1.79. The maximum absolute atomic E-state index is 9.12. The molecule has 0 N–H and O–H groups in total. The first-order chi connectivity index (χ1) is 2.91. The van der Waals surface area contributed by atoms with E-state index in [1.54, 1.807) is 6.11 Å². The van der Waals surface area contributed by atoms with Crippen LogP contribution in [0.4, 0.5) is 0 Å². The molecule has 0 aliphatic heterocycles. The van der Waals surface area contributed by atoms with E-state index in [-0.39, 0.29) is 6.47 Å². The fourth-order valence-electron chi connectivity index (χ4n) is 0.0474. The summed E-state index contributed by atoms with van der Waals surface area (Å²) in [5, 5.41) is 0. The molecule has 0 saturated heterocycles. The summed E-state index contributed by atoms with van der Waals surface area (Å²) in [6, 6.07) is 0. The van der Waals surface area contributed by atoms with Crippen LogP contribution in [0.1, 0.15) is 0 Å². The van der Waals surface area contributed by atoms with Crippen molar-refractivity contribution in [1.29, 1.82) is 0 Å². The maximum Gasteiger partial charge on any atom is 0.344 e. The first-order valence-electron chi connectivity index (χ1n) is 1.13. The normalized spacial score (nSPS) is 5.17. The number of hydrogen-bond donors (Lipinski definition) is 0. The molecule has 0 amide bonds. The Hall–Kier alpha value is -1.17. The van der Waals surface area contributed by atoms with Crippen molar-refractivity contribution in [3.05, 3.63) is 0 Å². The summed E-state index contributed by atoms with van der Waals surface area (Å²) in [7, 11) is 0. The molecule has 0 aliphatic rings. The Bertz CT molecular complexity index is 70.6. The quantitative estimate of drug-likeness (QED) is 0.152. The molecule has 0 aromatic carbocycles. The zero-order chi connectivity index (χ0) is 4.83. The molecule has 0 rings (SSSR count). The van der Waals surface area contributed by atoms with Gasteiger partial charge in [0.2, 0.25) is 0 Å². The summed E-state index contributed by atoms with van der Waals surface area (Å²) < 4.78 is 0. The van der Waals surface area contributed by atoms with Gasteiger partial charge in [0, 0.05) is 0 Å². The lowest BCUT2D eigenvalue weighted by Crippen LogP contribution is -1.80. The van der Waals surface area contributed by atoms with Crippen LogP contribution >= 0.6 is 0 Å². The molecule has 3 heteroatoms. The van der Waals surface area contributed by atoms with Gasteiger partial charge in [-0.15, -0.1) is 0 Å². The van der Waals surface area contributed by atoms with E-state index >= 15 is 0 Å². The van der Waals surface area contributed by atoms with Gasteiger partial charge in [0.25, 0.3) is 0 Å². The molecule has 0 spiro atoms. The third-order valence-electron chi connectivity index (χ3n) is 0.136. The zero-order valence-corrected chi connectivity index (χ0v) is 2.88. The number of carbonyl (C=O) groups is 1. The summed E-state index contributed by atoms with van der Waals surface area (Å²) in [4.78, 5) is 16.3. The summed E-state index contributed by atoms with van der Waals surface area (Å²) in [6.45, 7) is 0.0971. The van der Waals surface area contributed by atoms with Gasteiger partial charge in [-0.05, 0) is 0 Å². The standard InChI is InChI=1S/C3H2O3/c1-2-5-6-3-4/h1,3H. The predicted molar refractivity (Wildman–Crippen MR) is 17.1 cm³/mol. The second-order valence-corrected chi connectivity index (χ2v) is 0.394. The summed E-state index contributed by atoms with van der Waals surface area (Å²) in [5.74, 6) is 0. The Morgan fingerprint density at radius 1 is 1.83 bits per heavy atom. The molecule has 0 atom stereocenters. The molecular weight excluding hydrogens is 84.0 g/mol. The molecule has 0 fully saturated rings. The molecular formula is C3H2O3. The van der Waals surface area contributed by atoms with Gasteiger partial charge in [0.1, 0.15) is 0 Å². The third kappa shape index (κ3) is 2.83. The minimum absolute atomic E-state index is 0.0971. The van der Waals surface area contributed by atoms with Gasteiger partial charge in [-0.25, -0.2) is 9.78 Å². The van der Waals surface area contributed by atoms with Crippen molar-refractivity contribution in [1.82, 2.24) is 0 Å². The second kappa shape index (κ2) is 3.83. The van der Waals surface area contributed by atoms with Crippen LogP contribution in [-0.4, -0.2) is 6.47 Å². The lowest BCUT2D eigenvalue weighted by atomic mass is 11.3. The number of terminal acetylenes is 1. The molecule has 0 radical (unpaired) electrons. The van der Waals surface area contributed by atoms with E-state index in [0.717, 1.165) is 0 Å². The maximum atomic E-state index is 9.12. The van der Waals surface area contributed by atoms with Crippen LogP contribution in [0.25, 0.3) is 0 Å². The summed E-state index contributed by atoms with van der Waals surface area (Å²) in [6.07, 6.45) is 6.07. The average Bonchev–Trinajstić information content (AvgIpc) is 1.61. The van der Waals surface area contributed by atoms with Crippen molar-refractivity contribution in [2.75, 3.05) is 0 Å². The topological polar surface area (TPSA) is 35.5 Å². The molecule has 0 aliphatic carbocycles. The summed E-state index contributed by atoms with van der Waals surface area (Å²) in [5.41, 5.74) is 0. The van der Waals surface area contributed by atoms with E-state index in [9.17, 15) is 0 Å². The Morgan fingerprint density at radius 3 is 2.67 bits per heavy atom. The summed E-state index contributed by atoms with van der Waals surface area (Å²) >= 11 is 0. The van der Waals surface area contributed by atoms with Crippen LogP contribution < -0.4 is 0 Å². The fourth-order valence-corrected chi connectivity index (χ4v) is 0.0474. The van der Waals surface area contributed by atoms with Gasteiger partial charge >= 0.3 is 6.47 Å². The smallest absolute Gasteiger partial charge is 0.251 e. The predicted octanol–water partition coefficient (Wildman–Crippen LogP) is -0.318. The van der Waals surface area contributed by atoms with Crippen LogP contribution in [0.3, 0.4) is 0 Å². The van der Waals surface area contributed by atoms with Crippen LogP contribution in [0.5, 0.6) is 0 Å². The average molecular weight is 86.0 g/mol. The molecule has 0 bridgehead atoms. The number of hydrogen-bond acceptors (Lipinski definition) is 3. The second-order valence-electron chi connectivity index (χ2n) is 0.394. The Balaban J connectivity index is 2.72. The van der Waals surface area contributed by atoms with E-state index in [0.29, 0.717) is 0 Å². The van der Waals surface area contributed by atoms with Crippen molar-refractivity contribution in [3.8, 4) is 12.5 Å². The van der Waals surface area contributed by atoms with E-state index in [4.69, 9.17) is 4.79 Å². The van der Waals surface area contributed by atoms with Crippen molar-refractivity contribution in [2.45, 2.75) is 0 Å². The molecule has 6 heavy (non-hydrogen) atoms. The highest BCUT2D eigenvalue weighted by atomic mass is 17.2. The van der Waals surface area contributed by atoms with Crippen LogP contribution in [0.15, 0.2) is 0 Å². The van der Waals surface area contributed by atoms with Gasteiger partial charge < -0.3 is 0 Å². The minimum atomic E-state index is 0.0971. The molecule has 32 valence electrons. The van der Waals surface area contributed by atoms with Crippen molar-refractivity contribution >= 4 is 6.47 Å². The van der Waals surface area contributed by atoms with Gasteiger partial charge in [0.15, 0.2) is 6.11 Å². The van der Waals surface area contributed by atoms with E-state index < -0.39 is 0 Å². The minimum Gasteiger partial charge on any atom is -0.251 e. The van der Waals surface area contributed by atoms with Gasteiger partial charge in [-0.1, -0.05) is 6.42 Å². The van der Waals surface area contributed by atoms with Gasteiger partial charge in [-0.3, -0.25) is 4.79 Å². The SMILES string of the molecule is C#COOC=O. The highest BCUT2D eigenvalue weighted by Gasteiger charge is 1.64. The molecule has 0 unspecified atom stereocenters. The zero-order valence-electron chi connectivity index (χ0n) is 2.88. The number of rotatable bonds is 2. The lowest BCUT2D eigenvalue weighted by molar-refractivity contribution is -0.213. The fraction of sp³-hybridized carbons (Fsp3) is 0. The monoisotopic (exact) mass is 86.0 g/mol. The Morgan fingerprint density at radius 2 is 2.50 bits per heavy atom. The first kappa shape index (κ1) is 4.83. The van der Waals surface area contributed by atoms with E-state index in [1.165, 1.54) is 0 Å². The van der Waals surface area contributed by atoms with Crippen LogP contribution in [0.2, 0.25) is 0 Å². The van der Waals surface area contributed by atoms with Crippen molar-refractivity contribution < 1.29 is 14.6 Å². The van der Waals surface area contributed by atoms with Gasteiger partial charge in [-0.2, -0.15) is 0 Å². The van der Waals surface area contributed by atoms with Gasteiger partial charge in [0.05, 0.1) is 0 Å². The molecule has 0 heterocycles. The van der Waals surface area contributed by atoms with Crippen molar-refractivity contribution in [2.24, 2.45) is 0 Å². The largest absolute Gasteiger partial charge is 0.344 e. The van der Waals surface area contributed by atoms with E-state index in [2.05, 4.69) is 16.2 Å². The number of carbonyl (C=O) groups excluding carboxylic acids is 1. The van der Waals surface area contributed by atoms with Crippen LogP contribution in [-0.2, 0) is 14.6 Å². The molecule has 0 aromatic heterocycles. The first-order valence-corrected chi connectivity index (χ1v) is 1.13. The highest BCUT2D eigenvalue weighted by Crippen LogP contribution is 1.61. The highest BCUT2D eigenvalue weighted by molar-refractivity contribution is 5.35. The van der Waals surface area contributed by atoms with Crippen LogP contribution in [0, 0.1) is 12.5 Å². The Labute approximate surface area is 34.8 Å².